The lowest BCUT2D eigenvalue weighted by Crippen LogP contribution is -2.58. The number of carbonyl (C=O) groups excluding carboxylic acids is 2. The van der Waals surface area contributed by atoms with Crippen molar-refractivity contribution in [3.05, 3.63) is 101 Å². The molecule has 3 amide bonds. The van der Waals surface area contributed by atoms with E-state index in [4.69, 9.17) is 0 Å². The summed E-state index contributed by atoms with van der Waals surface area (Å²) in [6, 6.07) is 24.9. The minimum Gasteiger partial charge on any atom is -0.309 e. The number of pyridine rings is 1. The second-order valence-electron chi connectivity index (χ2n) is 10.3. The smallest absolute Gasteiger partial charge is 0.309 e. The summed E-state index contributed by atoms with van der Waals surface area (Å²) in [7, 11) is 0. The zero-order valence-electron chi connectivity index (χ0n) is 20.6. The maximum atomic E-state index is 13.9. The molecule has 184 valence electrons. The Hall–Kier alpha value is -3.51. The van der Waals surface area contributed by atoms with E-state index in [0.29, 0.717) is 25.4 Å². The molecule has 0 radical (unpaired) electrons. The maximum absolute atomic E-state index is 13.9. The molecule has 1 aromatic heterocycles. The Morgan fingerprint density at radius 2 is 1.50 bits per heavy atom. The SMILES string of the molecule is O=C1N(Cc2ccccn2)C(=O)C2(CCN(C3Cc4ccccc4C3)CC2)N1CCc1ccccc1. The van der Waals surface area contributed by atoms with Crippen LogP contribution in [0.5, 0.6) is 0 Å². The first kappa shape index (κ1) is 22.9. The first-order chi connectivity index (χ1) is 17.6. The molecule has 6 nitrogen and oxygen atoms in total. The fourth-order valence-corrected chi connectivity index (χ4v) is 6.31. The molecule has 2 fully saturated rings. The van der Waals surface area contributed by atoms with Gasteiger partial charge in [-0.15, -0.1) is 0 Å². The zero-order chi connectivity index (χ0) is 24.5. The molecule has 0 N–H and O–H groups in total. The van der Waals surface area contributed by atoms with Gasteiger partial charge < -0.3 is 4.90 Å². The Bertz CT molecular complexity index is 1210. The van der Waals surface area contributed by atoms with Crippen LogP contribution in [0.1, 0.15) is 35.2 Å². The maximum Gasteiger partial charge on any atom is 0.328 e. The molecule has 2 aliphatic heterocycles. The van der Waals surface area contributed by atoms with Gasteiger partial charge in [-0.3, -0.25) is 19.6 Å². The van der Waals surface area contributed by atoms with E-state index in [1.165, 1.54) is 21.6 Å². The number of likely N-dealkylation sites (tertiary alicyclic amines) is 1. The molecule has 36 heavy (non-hydrogen) atoms. The predicted molar refractivity (Wildman–Crippen MR) is 138 cm³/mol. The number of piperidine rings is 1. The van der Waals surface area contributed by atoms with Crippen LogP contribution in [0.25, 0.3) is 0 Å². The van der Waals surface area contributed by atoms with Crippen LogP contribution < -0.4 is 0 Å². The lowest BCUT2D eigenvalue weighted by atomic mass is 9.84. The zero-order valence-corrected chi connectivity index (χ0v) is 20.6. The van der Waals surface area contributed by atoms with Crippen LogP contribution in [-0.4, -0.2) is 62.8 Å². The molecular formula is C30H32N4O2. The van der Waals surface area contributed by atoms with Crippen LogP contribution >= 0.6 is 0 Å². The second kappa shape index (κ2) is 9.51. The number of aromatic nitrogens is 1. The first-order valence-electron chi connectivity index (χ1n) is 13.0. The van der Waals surface area contributed by atoms with Gasteiger partial charge in [-0.05, 0) is 60.9 Å². The second-order valence-corrected chi connectivity index (χ2v) is 10.3. The highest BCUT2D eigenvalue weighted by molar-refractivity contribution is 6.07. The summed E-state index contributed by atoms with van der Waals surface area (Å²) in [4.78, 5) is 37.9. The minimum atomic E-state index is -0.761. The predicted octanol–water partition coefficient (Wildman–Crippen LogP) is 4.09. The van der Waals surface area contributed by atoms with Crippen LogP contribution in [0.4, 0.5) is 4.79 Å². The number of hydrogen-bond donors (Lipinski definition) is 0. The van der Waals surface area contributed by atoms with Crippen molar-refractivity contribution >= 4 is 11.9 Å². The van der Waals surface area contributed by atoms with E-state index in [2.05, 4.69) is 46.3 Å². The molecule has 2 saturated heterocycles. The van der Waals surface area contributed by atoms with Crippen molar-refractivity contribution in [1.29, 1.82) is 0 Å². The lowest BCUT2D eigenvalue weighted by molar-refractivity contribution is -0.136. The number of fused-ring (bicyclic) bond motifs is 1. The highest BCUT2D eigenvalue weighted by atomic mass is 16.2. The third-order valence-electron chi connectivity index (χ3n) is 8.31. The van der Waals surface area contributed by atoms with Gasteiger partial charge >= 0.3 is 6.03 Å². The summed E-state index contributed by atoms with van der Waals surface area (Å²) < 4.78 is 0. The van der Waals surface area contributed by atoms with Crippen molar-refractivity contribution in [1.82, 2.24) is 19.7 Å². The van der Waals surface area contributed by atoms with Crippen molar-refractivity contribution in [3.63, 3.8) is 0 Å². The summed E-state index contributed by atoms with van der Waals surface area (Å²) >= 11 is 0. The van der Waals surface area contributed by atoms with E-state index in [-0.39, 0.29) is 18.5 Å². The van der Waals surface area contributed by atoms with Gasteiger partial charge in [0.2, 0.25) is 0 Å². The van der Waals surface area contributed by atoms with Crippen molar-refractivity contribution in [2.75, 3.05) is 19.6 Å². The highest BCUT2D eigenvalue weighted by Crippen LogP contribution is 2.39. The normalized spacial score (nSPS) is 19.9. The van der Waals surface area contributed by atoms with E-state index in [9.17, 15) is 9.59 Å². The number of carbonyl (C=O) groups is 2. The number of benzene rings is 2. The fourth-order valence-electron chi connectivity index (χ4n) is 6.31. The molecule has 6 rings (SSSR count). The number of nitrogens with zero attached hydrogens (tertiary/aromatic N) is 4. The molecule has 0 unspecified atom stereocenters. The summed E-state index contributed by atoms with van der Waals surface area (Å²) in [5, 5.41) is 0. The molecule has 2 aromatic carbocycles. The fraction of sp³-hybridized carbons (Fsp3) is 0.367. The minimum absolute atomic E-state index is 0.0550. The summed E-state index contributed by atoms with van der Waals surface area (Å²) in [5.74, 6) is -0.0550. The van der Waals surface area contributed by atoms with E-state index in [0.717, 1.165) is 38.0 Å². The molecule has 3 heterocycles. The van der Waals surface area contributed by atoms with Gasteiger partial charge in [0.25, 0.3) is 5.91 Å². The van der Waals surface area contributed by atoms with Crippen LogP contribution in [0.2, 0.25) is 0 Å². The van der Waals surface area contributed by atoms with Crippen molar-refractivity contribution in [2.24, 2.45) is 0 Å². The molecule has 3 aliphatic rings. The molecule has 3 aromatic rings. The quantitative estimate of drug-likeness (QED) is 0.499. The number of rotatable bonds is 6. The van der Waals surface area contributed by atoms with E-state index < -0.39 is 5.54 Å². The third kappa shape index (κ3) is 4.09. The third-order valence-corrected chi connectivity index (χ3v) is 8.31. The summed E-state index contributed by atoms with van der Waals surface area (Å²) in [6.07, 6.45) is 5.94. The first-order valence-corrected chi connectivity index (χ1v) is 13.0. The number of imide groups is 1. The largest absolute Gasteiger partial charge is 0.328 e. The van der Waals surface area contributed by atoms with Crippen molar-refractivity contribution in [3.8, 4) is 0 Å². The molecule has 1 aliphatic carbocycles. The van der Waals surface area contributed by atoms with Gasteiger partial charge in [-0.1, -0.05) is 60.7 Å². The average Bonchev–Trinajstić information content (AvgIpc) is 3.43. The van der Waals surface area contributed by atoms with Crippen molar-refractivity contribution < 1.29 is 9.59 Å². The Labute approximate surface area is 212 Å². The Kier molecular flexibility index (Phi) is 6.05. The average molecular weight is 481 g/mol. The van der Waals surface area contributed by atoms with E-state index in [1.807, 2.05) is 41.3 Å². The van der Waals surface area contributed by atoms with Crippen molar-refractivity contribution in [2.45, 2.75) is 50.2 Å². The van der Waals surface area contributed by atoms with Gasteiger partial charge in [0.15, 0.2) is 0 Å². The van der Waals surface area contributed by atoms with Gasteiger partial charge in [0, 0.05) is 31.9 Å². The van der Waals surface area contributed by atoms with E-state index >= 15 is 0 Å². The molecule has 0 saturated carbocycles. The molecular weight excluding hydrogens is 448 g/mol. The lowest BCUT2D eigenvalue weighted by Gasteiger charge is -2.44. The number of urea groups is 1. The Balaban J connectivity index is 1.22. The van der Waals surface area contributed by atoms with Crippen LogP contribution in [-0.2, 0) is 30.6 Å². The Morgan fingerprint density at radius 3 is 2.17 bits per heavy atom. The van der Waals surface area contributed by atoms with Gasteiger partial charge in [-0.2, -0.15) is 0 Å². The molecule has 0 atom stereocenters. The van der Waals surface area contributed by atoms with Crippen LogP contribution in [0, 0.1) is 0 Å². The standard InChI is InChI=1S/C30H32N4O2/c35-28-30(14-18-32(19-15-30)27-20-24-10-4-5-11-25(24)21-27)34(17-13-23-8-2-1-3-9-23)29(36)33(28)22-26-12-6-7-16-31-26/h1-12,16,27H,13-15,17-22H2. The molecule has 6 heteroatoms. The molecule has 0 bridgehead atoms. The topological polar surface area (TPSA) is 56.8 Å². The number of hydrogen-bond acceptors (Lipinski definition) is 4. The van der Waals surface area contributed by atoms with Crippen LogP contribution in [0.3, 0.4) is 0 Å². The number of amides is 3. The van der Waals surface area contributed by atoms with Gasteiger partial charge in [0.05, 0.1) is 12.2 Å². The van der Waals surface area contributed by atoms with E-state index in [1.54, 1.807) is 6.20 Å². The Morgan fingerprint density at radius 1 is 0.833 bits per heavy atom. The summed E-state index contributed by atoms with van der Waals surface area (Å²) in [5.41, 5.74) is 4.04. The summed E-state index contributed by atoms with van der Waals surface area (Å²) in [6.45, 7) is 2.43. The molecule has 1 spiro atoms. The van der Waals surface area contributed by atoms with Gasteiger partial charge in [-0.25, -0.2) is 4.79 Å². The monoisotopic (exact) mass is 480 g/mol. The highest BCUT2D eigenvalue weighted by Gasteiger charge is 2.58. The van der Waals surface area contributed by atoms with Crippen LogP contribution in [0.15, 0.2) is 79.0 Å². The van der Waals surface area contributed by atoms with Gasteiger partial charge in [0.1, 0.15) is 5.54 Å².